The lowest BCUT2D eigenvalue weighted by Crippen LogP contribution is -2.00. The normalized spacial score (nSPS) is 14.2. The highest BCUT2D eigenvalue weighted by Crippen LogP contribution is 2.37. The third kappa shape index (κ3) is 3.94. The average molecular weight is 355 g/mol. The Morgan fingerprint density at radius 2 is 2.04 bits per heavy atom. The maximum absolute atomic E-state index is 12.6. The van der Waals surface area contributed by atoms with E-state index in [1.165, 1.54) is 5.57 Å². The molecule has 3 nitrogen and oxygen atoms in total. The zero-order chi connectivity index (χ0) is 18.0. The van der Waals surface area contributed by atoms with Gasteiger partial charge in [0.2, 0.25) is 5.78 Å². The molecule has 0 bridgehead atoms. The Kier molecular flexibility index (Phi) is 4.95. The van der Waals surface area contributed by atoms with Crippen molar-refractivity contribution >= 4 is 23.5 Å². The fraction of sp³-hybridized carbons (Fsp3) is 0.190. The first-order chi connectivity index (χ1) is 11.9. The molecule has 4 heteroatoms. The molecule has 2 aromatic carbocycles. The predicted octanol–water partition coefficient (Wildman–Crippen LogP) is 5.61. The lowest BCUT2D eigenvalue weighted by molar-refractivity contribution is 0.101. The molecule has 1 heterocycles. The van der Waals surface area contributed by atoms with E-state index in [9.17, 15) is 4.79 Å². The van der Waals surface area contributed by atoms with Crippen molar-refractivity contribution in [2.24, 2.45) is 0 Å². The van der Waals surface area contributed by atoms with Gasteiger partial charge in [0.05, 0.1) is 5.56 Å². The molecule has 3 rings (SSSR count). The molecular weight excluding hydrogens is 336 g/mol. The van der Waals surface area contributed by atoms with Crippen molar-refractivity contribution in [1.82, 2.24) is 0 Å². The largest absolute Gasteiger partial charge is 0.489 e. The van der Waals surface area contributed by atoms with Crippen LogP contribution in [0.25, 0.3) is 6.08 Å². The van der Waals surface area contributed by atoms with E-state index in [0.29, 0.717) is 34.5 Å². The zero-order valence-electron chi connectivity index (χ0n) is 14.4. The molecule has 0 aliphatic carbocycles. The van der Waals surface area contributed by atoms with Crippen LogP contribution in [0.5, 0.6) is 11.5 Å². The summed E-state index contributed by atoms with van der Waals surface area (Å²) in [7, 11) is 0. The van der Waals surface area contributed by atoms with Gasteiger partial charge in [0.1, 0.15) is 18.1 Å². The van der Waals surface area contributed by atoms with Gasteiger partial charge in [-0.3, -0.25) is 4.79 Å². The molecule has 0 saturated carbocycles. The van der Waals surface area contributed by atoms with Gasteiger partial charge in [-0.2, -0.15) is 0 Å². The SMILES string of the molecule is CC(C)=CCOc1cc(C)c2c(c1)O/C(=C\c1cccc(Cl)c1)C2=O. The quantitative estimate of drug-likeness (QED) is 0.528. The molecule has 0 amide bonds. The highest BCUT2D eigenvalue weighted by atomic mass is 35.5. The van der Waals surface area contributed by atoms with E-state index in [1.54, 1.807) is 24.3 Å². The Balaban J connectivity index is 1.88. The lowest BCUT2D eigenvalue weighted by atomic mass is 10.0. The van der Waals surface area contributed by atoms with Crippen molar-refractivity contribution in [3.8, 4) is 11.5 Å². The van der Waals surface area contributed by atoms with Gasteiger partial charge in [0.15, 0.2) is 5.76 Å². The second-order valence-electron chi connectivity index (χ2n) is 6.20. The molecule has 0 fully saturated rings. The fourth-order valence-electron chi connectivity index (χ4n) is 2.61. The monoisotopic (exact) mass is 354 g/mol. The van der Waals surface area contributed by atoms with Crippen LogP contribution in [0.4, 0.5) is 0 Å². The number of halogens is 1. The number of fused-ring (bicyclic) bond motifs is 1. The average Bonchev–Trinajstić information content (AvgIpc) is 2.83. The summed E-state index contributed by atoms with van der Waals surface area (Å²) in [5.41, 5.74) is 3.43. The first kappa shape index (κ1) is 17.3. The third-order valence-electron chi connectivity index (χ3n) is 3.83. The van der Waals surface area contributed by atoms with Gasteiger partial charge < -0.3 is 9.47 Å². The van der Waals surface area contributed by atoms with Crippen molar-refractivity contribution in [2.45, 2.75) is 20.8 Å². The van der Waals surface area contributed by atoms with Crippen LogP contribution in [-0.4, -0.2) is 12.4 Å². The Bertz CT molecular complexity index is 890. The molecule has 0 aromatic heterocycles. The topological polar surface area (TPSA) is 35.5 Å². The van der Waals surface area contributed by atoms with Gasteiger partial charge in [-0.25, -0.2) is 0 Å². The van der Waals surface area contributed by atoms with Crippen LogP contribution < -0.4 is 9.47 Å². The Morgan fingerprint density at radius 3 is 2.76 bits per heavy atom. The van der Waals surface area contributed by atoms with Crippen LogP contribution in [0.2, 0.25) is 5.02 Å². The maximum Gasteiger partial charge on any atom is 0.232 e. The number of allylic oxidation sites excluding steroid dienone is 2. The summed E-state index contributed by atoms with van der Waals surface area (Å²) in [5.74, 6) is 1.39. The number of ketones is 1. The molecule has 0 spiro atoms. The molecule has 25 heavy (non-hydrogen) atoms. The standard InChI is InChI=1S/C21H19ClO3/c1-13(2)7-8-24-17-9-14(3)20-18(12-17)25-19(21(20)23)11-15-5-4-6-16(22)10-15/h4-7,9-12H,8H2,1-3H3/b19-11-. The summed E-state index contributed by atoms with van der Waals surface area (Å²) in [4.78, 5) is 12.6. The second kappa shape index (κ2) is 7.16. The highest BCUT2D eigenvalue weighted by Gasteiger charge is 2.29. The fourth-order valence-corrected chi connectivity index (χ4v) is 2.81. The molecule has 0 N–H and O–H groups in total. The van der Waals surface area contributed by atoms with Crippen LogP contribution in [0.1, 0.15) is 35.3 Å². The second-order valence-corrected chi connectivity index (χ2v) is 6.64. The summed E-state index contributed by atoms with van der Waals surface area (Å²) in [6.45, 7) is 6.41. The highest BCUT2D eigenvalue weighted by molar-refractivity contribution is 6.30. The lowest BCUT2D eigenvalue weighted by Gasteiger charge is -2.07. The number of aryl methyl sites for hydroxylation is 1. The van der Waals surface area contributed by atoms with E-state index in [-0.39, 0.29) is 5.78 Å². The number of carbonyl (C=O) groups excluding carboxylic acids is 1. The maximum atomic E-state index is 12.6. The number of hydrogen-bond donors (Lipinski definition) is 0. The summed E-state index contributed by atoms with van der Waals surface area (Å²) in [6, 6.07) is 10.9. The van der Waals surface area contributed by atoms with Crippen molar-refractivity contribution < 1.29 is 14.3 Å². The number of Topliss-reactive ketones (excluding diaryl/α,β-unsaturated/α-hetero) is 1. The zero-order valence-corrected chi connectivity index (χ0v) is 15.2. The van der Waals surface area contributed by atoms with Gasteiger partial charge in [0, 0.05) is 11.1 Å². The Morgan fingerprint density at radius 1 is 1.24 bits per heavy atom. The van der Waals surface area contributed by atoms with Crippen molar-refractivity contribution in [2.75, 3.05) is 6.61 Å². The molecule has 0 radical (unpaired) electrons. The van der Waals surface area contributed by atoms with Gasteiger partial charge in [-0.1, -0.05) is 29.3 Å². The number of benzene rings is 2. The van der Waals surface area contributed by atoms with E-state index < -0.39 is 0 Å². The molecule has 1 aliphatic heterocycles. The van der Waals surface area contributed by atoms with Crippen molar-refractivity contribution in [3.05, 3.63) is 75.5 Å². The molecule has 128 valence electrons. The number of hydrogen-bond acceptors (Lipinski definition) is 3. The first-order valence-corrected chi connectivity index (χ1v) is 8.42. The molecule has 1 aliphatic rings. The van der Waals surface area contributed by atoms with Crippen LogP contribution in [0.3, 0.4) is 0 Å². The van der Waals surface area contributed by atoms with Gasteiger partial charge >= 0.3 is 0 Å². The summed E-state index contributed by atoms with van der Waals surface area (Å²) in [6.07, 6.45) is 3.70. The Labute approximate surface area is 152 Å². The van der Waals surface area contributed by atoms with Gasteiger partial charge in [-0.05, 0) is 62.2 Å². The summed E-state index contributed by atoms with van der Waals surface area (Å²) >= 11 is 6.00. The number of carbonyl (C=O) groups is 1. The van der Waals surface area contributed by atoms with Gasteiger partial charge in [-0.15, -0.1) is 0 Å². The van der Waals surface area contributed by atoms with E-state index in [4.69, 9.17) is 21.1 Å². The van der Waals surface area contributed by atoms with Crippen LogP contribution >= 0.6 is 11.6 Å². The van der Waals surface area contributed by atoms with E-state index >= 15 is 0 Å². The molecule has 0 unspecified atom stereocenters. The summed E-state index contributed by atoms with van der Waals surface area (Å²) < 4.78 is 11.5. The summed E-state index contributed by atoms with van der Waals surface area (Å²) in [5, 5.41) is 0.614. The van der Waals surface area contributed by atoms with Crippen LogP contribution in [0.15, 0.2) is 53.8 Å². The van der Waals surface area contributed by atoms with Crippen molar-refractivity contribution in [1.29, 1.82) is 0 Å². The minimum Gasteiger partial charge on any atom is -0.489 e. The van der Waals surface area contributed by atoms with E-state index in [0.717, 1.165) is 11.1 Å². The minimum atomic E-state index is -0.122. The van der Waals surface area contributed by atoms with E-state index in [1.807, 2.05) is 45.0 Å². The van der Waals surface area contributed by atoms with E-state index in [2.05, 4.69) is 0 Å². The molecule has 0 atom stereocenters. The number of rotatable bonds is 4. The smallest absolute Gasteiger partial charge is 0.232 e. The molecular formula is C21H19ClO3. The Hall–Kier alpha value is -2.52. The minimum absolute atomic E-state index is 0.122. The molecule has 0 saturated heterocycles. The first-order valence-electron chi connectivity index (χ1n) is 8.04. The van der Waals surface area contributed by atoms with Gasteiger partial charge in [0.25, 0.3) is 0 Å². The van der Waals surface area contributed by atoms with Crippen LogP contribution in [-0.2, 0) is 0 Å². The third-order valence-corrected chi connectivity index (χ3v) is 4.07. The van der Waals surface area contributed by atoms with Crippen LogP contribution in [0, 0.1) is 6.92 Å². The predicted molar refractivity (Wildman–Crippen MR) is 100 cm³/mol. The number of ether oxygens (including phenoxy) is 2. The van der Waals surface area contributed by atoms with Crippen molar-refractivity contribution in [3.63, 3.8) is 0 Å². The molecule has 2 aromatic rings.